The average molecular weight is 498 g/mol. The first-order valence-corrected chi connectivity index (χ1v) is 8.63. The van der Waals surface area contributed by atoms with Crippen molar-refractivity contribution in [2.75, 3.05) is 13.6 Å². The Morgan fingerprint density at radius 3 is 2.75 bits per heavy atom. The lowest BCUT2D eigenvalue weighted by Gasteiger charge is -2.26. The Hall–Kier alpha value is -2.43. The number of nitrogens with one attached hydrogen (secondary N) is 3. The molecule has 7 nitrogen and oxygen atoms in total. The van der Waals surface area contributed by atoms with Crippen LogP contribution in [0.3, 0.4) is 0 Å². The Balaban J connectivity index is 0.00000280. The van der Waals surface area contributed by atoms with Gasteiger partial charge in [-0.25, -0.2) is 9.37 Å². The van der Waals surface area contributed by atoms with E-state index in [-0.39, 0.29) is 35.2 Å². The first-order chi connectivity index (χ1) is 13.0. The average Bonchev–Trinajstić information content (AvgIpc) is 3.33. The van der Waals surface area contributed by atoms with Crippen molar-refractivity contribution >= 4 is 29.9 Å². The molecule has 0 amide bonds. The maximum atomic E-state index is 13.5. The fourth-order valence-electron chi connectivity index (χ4n) is 2.59. The van der Waals surface area contributed by atoms with E-state index in [2.05, 4.69) is 30.8 Å². The molecule has 0 atom stereocenters. The molecule has 9 heteroatoms. The summed E-state index contributed by atoms with van der Waals surface area (Å²) in [4.78, 5) is 8.59. The van der Waals surface area contributed by atoms with E-state index in [1.807, 2.05) is 19.9 Å². The van der Waals surface area contributed by atoms with Crippen molar-refractivity contribution in [1.29, 1.82) is 0 Å². The van der Waals surface area contributed by atoms with Crippen LogP contribution in [0.2, 0.25) is 0 Å². The number of hydrogen-bond donors (Lipinski definition) is 3. The lowest BCUT2D eigenvalue weighted by Crippen LogP contribution is -2.43. The fraction of sp³-hybridized carbons (Fsp3) is 0.316. The molecule has 0 bridgehead atoms. The second kappa shape index (κ2) is 9.67. The van der Waals surface area contributed by atoms with Gasteiger partial charge in [0.05, 0.1) is 12.8 Å². The number of guanidine groups is 1. The lowest BCUT2D eigenvalue weighted by atomic mass is 9.84. The predicted molar refractivity (Wildman–Crippen MR) is 117 cm³/mol. The van der Waals surface area contributed by atoms with E-state index in [4.69, 9.17) is 4.42 Å². The number of nitrogens with zero attached hydrogens (tertiary/aromatic N) is 3. The van der Waals surface area contributed by atoms with E-state index in [1.54, 1.807) is 37.6 Å². The second-order valence-corrected chi connectivity index (χ2v) is 6.76. The molecule has 3 N–H and O–H groups in total. The van der Waals surface area contributed by atoms with Gasteiger partial charge >= 0.3 is 0 Å². The number of H-pyrrole nitrogens is 1. The minimum absolute atomic E-state index is 0. The third-order valence-electron chi connectivity index (χ3n) is 4.22. The summed E-state index contributed by atoms with van der Waals surface area (Å²) < 4.78 is 18.8. The molecule has 2 aromatic heterocycles. The summed E-state index contributed by atoms with van der Waals surface area (Å²) in [6.45, 7) is 5.11. The zero-order valence-corrected chi connectivity index (χ0v) is 18.3. The van der Waals surface area contributed by atoms with E-state index in [9.17, 15) is 4.39 Å². The van der Waals surface area contributed by atoms with E-state index in [0.29, 0.717) is 36.5 Å². The molecule has 0 spiro atoms. The zero-order valence-electron chi connectivity index (χ0n) is 16.0. The maximum absolute atomic E-state index is 13.5. The normalized spacial score (nSPS) is 11.8. The SMILES string of the molecule is CN=C(NCc1nc(-c2ccco2)n[nH]1)NCC(C)(C)c1cccc(F)c1.I. The Morgan fingerprint density at radius 2 is 2.07 bits per heavy atom. The number of aromatic amines is 1. The molecule has 0 aliphatic heterocycles. The molecule has 0 unspecified atom stereocenters. The molecule has 3 aromatic rings. The van der Waals surface area contributed by atoms with Crippen LogP contribution in [0.15, 0.2) is 52.1 Å². The molecular weight excluding hydrogens is 474 g/mol. The quantitative estimate of drug-likeness (QED) is 0.275. The summed E-state index contributed by atoms with van der Waals surface area (Å²) in [5.41, 5.74) is 0.655. The van der Waals surface area contributed by atoms with Crippen LogP contribution < -0.4 is 10.6 Å². The molecule has 28 heavy (non-hydrogen) atoms. The van der Waals surface area contributed by atoms with Crippen molar-refractivity contribution in [3.8, 4) is 11.6 Å². The van der Waals surface area contributed by atoms with E-state index in [0.717, 1.165) is 5.56 Å². The van der Waals surface area contributed by atoms with Crippen LogP contribution in [0.1, 0.15) is 25.2 Å². The minimum Gasteiger partial charge on any atom is -0.461 e. The van der Waals surface area contributed by atoms with E-state index in [1.165, 1.54) is 6.07 Å². The molecule has 0 saturated heterocycles. The van der Waals surface area contributed by atoms with E-state index >= 15 is 0 Å². The number of hydrogen-bond acceptors (Lipinski definition) is 4. The molecule has 0 aliphatic carbocycles. The van der Waals surface area contributed by atoms with Crippen LogP contribution in [-0.4, -0.2) is 34.7 Å². The van der Waals surface area contributed by atoms with Gasteiger partial charge < -0.3 is 15.1 Å². The monoisotopic (exact) mass is 498 g/mol. The fourth-order valence-corrected chi connectivity index (χ4v) is 2.59. The van der Waals surface area contributed by atoms with Crippen molar-refractivity contribution in [3.63, 3.8) is 0 Å². The van der Waals surface area contributed by atoms with Gasteiger partial charge in [0.15, 0.2) is 11.7 Å². The highest BCUT2D eigenvalue weighted by molar-refractivity contribution is 14.0. The molecule has 0 aliphatic rings. The van der Waals surface area contributed by atoms with Crippen molar-refractivity contribution in [2.24, 2.45) is 4.99 Å². The van der Waals surface area contributed by atoms with E-state index < -0.39 is 0 Å². The maximum Gasteiger partial charge on any atom is 0.216 e. The van der Waals surface area contributed by atoms with Gasteiger partial charge in [0, 0.05) is 19.0 Å². The van der Waals surface area contributed by atoms with Crippen molar-refractivity contribution < 1.29 is 8.81 Å². The molecule has 0 saturated carbocycles. The van der Waals surface area contributed by atoms with Crippen LogP contribution in [0.5, 0.6) is 0 Å². The van der Waals surface area contributed by atoms with Gasteiger partial charge in [0.2, 0.25) is 5.82 Å². The second-order valence-electron chi connectivity index (χ2n) is 6.76. The van der Waals surface area contributed by atoms with Crippen LogP contribution >= 0.6 is 24.0 Å². The van der Waals surface area contributed by atoms with Gasteiger partial charge in [-0.05, 0) is 29.8 Å². The molecule has 0 radical (unpaired) electrons. The number of aliphatic imine (C=N–C) groups is 1. The number of furan rings is 1. The van der Waals surface area contributed by atoms with Crippen LogP contribution in [0.4, 0.5) is 4.39 Å². The third kappa shape index (κ3) is 5.54. The number of halogens is 2. The topological polar surface area (TPSA) is 91.1 Å². The summed E-state index contributed by atoms with van der Waals surface area (Å²) in [7, 11) is 1.69. The summed E-state index contributed by atoms with van der Waals surface area (Å²) in [5, 5.41) is 13.4. The number of rotatable bonds is 6. The summed E-state index contributed by atoms with van der Waals surface area (Å²) >= 11 is 0. The predicted octanol–water partition coefficient (Wildman–Crippen LogP) is 3.46. The molecule has 150 valence electrons. The van der Waals surface area contributed by atoms with Crippen LogP contribution in [-0.2, 0) is 12.0 Å². The minimum atomic E-state index is -0.265. The standard InChI is InChI=1S/C19H23FN6O.HI/c1-19(2,13-6-4-7-14(20)10-13)12-23-18(21-3)22-11-16-24-17(26-25-16)15-8-5-9-27-15;/h4-10H,11-12H2,1-3H3,(H2,21,22,23)(H,24,25,26);1H. The molecule has 3 rings (SSSR count). The molecule has 0 fully saturated rings. The Morgan fingerprint density at radius 1 is 1.25 bits per heavy atom. The van der Waals surface area contributed by atoms with Gasteiger partial charge in [-0.1, -0.05) is 26.0 Å². The van der Waals surface area contributed by atoms with Gasteiger partial charge in [-0.2, -0.15) is 0 Å². The van der Waals surface area contributed by atoms with Gasteiger partial charge in [0.1, 0.15) is 11.6 Å². The smallest absolute Gasteiger partial charge is 0.216 e. The highest BCUT2D eigenvalue weighted by Gasteiger charge is 2.21. The van der Waals surface area contributed by atoms with Gasteiger partial charge in [-0.3, -0.25) is 10.1 Å². The summed E-state index contributed by atoms with van der Waals surface area (Å²) in [6, 6.07) is 10.2. The zero-order chi connectivity index (χ0) is 19.3. The Bertz CT molecular complexity index is 907. The largest absolute Gasteiger partial charge is 0.461 e. The molecule has 1 aromatic carbocycles. The van der Waals surface area contributed by atoms with Crippen molar-refractivity contribution in [3.05, 3.63) is 59.9 Å². The third-order valence-corrected chi connectivity index (χ3v) is 4.22. The molecule has 2 heterocycles. The van der Waals surface area contributed by atoms with Crippen molar-refractivity contribution in [2.45, 2.75) is 25.8 Å². The Kier molecular flexibility index (Phi) is 7.55. The lowest BCUT2D eigenvalue weighted by molar-refractivity contribution is 0.503. The van der Waals surface area contributed by atoms with Gasteiger partial charge in [0.25, 0.3) is 0 Å². The van der Waals surface area contributed by atoms with Gasteiger partial charge in [-0.15, -0.1) is 29.1 Å². The summed E-state index contributed by atoms with van der Waals surface area (Å²) in [6.07, 6.45) is 1.58. The number of aromatic nitrogens is 3. The highest BCUT2D eigenvalue weighted by Crippen LogP contribution is 2.22. The first kappa shape index (κ1) is 21.9. The highest BCUT2D eigenvalue weighted by atomic mass is 127. The van der Waals surface area contributed by atoms with Crippen LogP contribution in [0, 0.1) is 5.82 Å². The Labute approximate surface area is 180 Å². The molecular formula is C19H24FIN6O. The van der Waals surface area contributed by atoms with Crippen LogP contribution in [0.25, 0.3) is 11.6 Å². The first-order valence-electron chi connectivity index (χ1n) is 8.63. The number of benzene rings is 1. The summed E-state index contributed by atoms with van der Waals surface area (Å²) in [5.74, 6) is 2.16. The van der Waals surface area contributed by atoms with Crippen molar-refractivity contribution in [1.82, 2.24) is 25.8 Å².